The summed E-state index contributed by atoms with van der Waals surface area (Å²) in [4.78, 5) is 12.9. The van der Waals surface area contributed by atoms with Gasteiger partial charge in [0.2, 0.25) is 0 Å². The maximum atomic E-state index is 10.9. The lowest BCUT2D eigenvalue weighted by atomic mass is 10.4. The molecular weight excluding hydrogens is 166 g/mol. The Bertz CT molecular complexity index is 203. The minimum Gasteiger partial charge on any atom is -0.466 e. The molecule has 0 amide bonds. The lowest BCUT2D eigenvalue weighted by molar-refractivity contribution is -0.143. The fourth-order valence-electron chi connectivity index (χ4n) is 0.808. The lowest BCUT2D eigenvalue weighted by Crippen LogP contribution is -2.22. The second-order valence-electron chi connectivity index (χ2n) is 2.72. The molecule has 0 aliphatic heterocycles. The number of carbonyl (C=O) groups excluding carboxylic acids is 1. The van der Waals surface area contributed by atoms with Crippen LogP contribution in [0.2, 0.25) is 0 Å². The van der Waals surface area contributed by atoms with E-state index in [9.17, 15) is 4.79 Å². The summed E-state index contributed by atoms with van der Waals surface area (Å²) in [6, 6.07) is 0. The summed E-state index contributed by atoms with van der Waals surface area (Å²) in [5.41, 5.74) is 0. The van der Waals surface area contributed by atoms with Gasteiger partial charge >= 0.3 is 5.97 Å². The van der Waals surface area contributed by atoms with Crippen molar-refractivity contribution in [3.8, 4) is 11.8 Å². The standard InChI is InChI=1S/C10H17NO2/c1-4-6-8-11(3)9-7-10(12)13-5-2/h5,7-9H2,1-3H3. The molecule has 13 heavy (non-hydrogen) atoms. The molecule has 0 saturated heterocycles. The molecule has 0 radical (unpaired) electrons. The van der Waals surface area contributed by atoms with Crippen molar-refractivity contribution >= 4 is 5.97 Å². The summed E-state index contributed by atoms with van der Waals surface area (Å²) in [7, 11) is 1.93. The van der Waals surface area contributed by atoms with Crippen LogP contribution >= 0.6 is 0 Å². The van der Waals surface area contributed by atoms with Crippen molar-refractivity contribution in [2.75, 3.05) is 26.7 Å². The number of esters is 1. The molecular formula is C10H17NO2. The zero-order chi connectivity index (χ0) is 10.1. The van der Waals surface area contributed by atoms with Gasteiger partial charge in [0.15, 0.2) is 0 Å². The van der Waals surface area contributed by atoms with E-state index in [2.05, 4.69) is 11.8 Å². The van der Waals surface area contributed by atoms with Gasteiger partial charge in [0.25, 0.3) is 0 Å². The van der Waals surface area contributed by atoms with Gasteiger partial charge in [-0.3, -0.25) is 9.69 Å². The fourth-order valence-corrected chi connectivity index (χ4v) is 0.808. The van der Waals surface area contributed by atoms with Crippen LogP contribution in [0.15, 0.2) is 0 Å². The zero-order valence-electron chi connectivity index (χ0n) is 8.59. The van der Waals surface area contributed by atoms with Gasteiger partial charge in [0, 0.05) is 6.54 Å². The summed E-state index contributed by atoms with van der Waals surface area (Å²) < 4.78 is 4.80. The molecule has 0 atom stereocenters. The first-order chi connectivity index (χ1) is 6.20. The molecule has 0 heterocycles. The van der Waals surface area contributed by atoms with E-state index in [1.807, 2.05) is 18.9 Å². The SMILES string of the molecule is CC#CCN(C)CCC(=O)OCC. The third-order valence-electron chi connectivity index (χ3n) is 1.53. The zero-order valence-corrected chi connectivity index (χ0v) is 8.59. The van der Waals surface area contributed by atoms with E-state index < -0.39 is 0 Å². The van der Waals surface area contributed by atoms with Gasteiger partial charge < -0.3 is 4.74 Å². The fraction of sp³-hybridized carbons (Fsp3) is 0.700. The van der Waals surface area contributed by atoms with Crippen LogP contribution in [0.4, 0.5) is 0 Å². The minimum absolute atomic E-state index is 0.140. The van der Waals surface area contributed by atoms with E-state index in [1.54, 1.807) is 6.92 Å². The van der Waals surface area contributed by atoms with E-state index in [-0.39, 0.29) is 5.97 Å². The van der Waals surface area contributed by atoms with Gasteiger partial charge in [-0.15, -0.1) is 5.92 Å². The van der Waals surface area contributed by atoms with Crippen molar-refractivity contribution in [3.05, 3.63) is 0 Å². The summed E-state index contributed by atoms with van der Waals surface area (Å²) in [6.45, 7) is 5.48. The number of carbonyl (C=O) groups is 1. The van der Waals surface area contributed by atoms with E-state index >= 15 is 0 Å². The molecule has 0 aliphatic rings. The second kappa shape index (κ2) is 7.63. The first kappa shape index (κ1) is 12.0. The van der Waals surface area contributed by atoms with Crippen molar-refractivity contribution in [1.82, 2.24) is 4.90 Å². The second-order valence-corrected chi connectivity index (χ2v) is 2.72. The predicted molar refractivity (Wildman–Crippen MR) is 52.2 cm³/mol. The largest absolute Gasteiger partial charge is 0.466 e. The van der Waals surface area contributed by atoms with E-state index in [1.165, 1.54) is 0 Å². The maximum Gasteiger partial charge on any atom is 0.307 e. The molecule has 0 saturated carbocycles. The van der Waals surface area contributed by atoms with E-state index in [0.29, 0.717) is 26.1 Å². The highest BCUT2D eigenvalue weighted by Gasteiger charge is 2.03. The molecule has 0 unspecified atom stereocenters. The summed E-state index contributed by atoms with van der Waals surface area (Å²) in [6.07, 6.45) is 0.440. The Labute approximate surface area is 80.1 Å². The Morgan fingerprint density at radius 1 is 1.54 bits per heavy atom. The molecule has 0 aliphatic carbocycles. The molecule has 0 aromatic carbocycles. The van der Waals surface area contributed by atoms with Crippen LogP contribution in [0.1, 0.15) is 20.3 Å². The molecule has 0 aromatic rings. The summed E-state index contributed by atoms with van der Waals surface area (Å²) in [5.74, 6) is 5.59. The summed E-state index contributed by atoms with van der Waals surface area (Å²) in [5, 5.41) is 0. The summed E-state index contributed by atoms with van der Waals surface area (Å²) >= 11 is 0. The number of nitrogens with zero attached hydrogens (tertiary/aromatic N) is 1. The number of hydrogen-bond donors (Lipinski definition) is 0. The highest BCUT2D eigenvalue weighted by molar-refractivity contribution is 5.69. The Balaban J connectivity index is 3.49. The normalized spacial score (nSPS) is 9.23. The highest BCUT2D eigenvalue weighted by atomic mass is 16.5. The first-order valence-corrected chi connectivity index (χ1v) is 4.44. The third-order valence-corrected chi connectivity index (χ3v) is 1.53. The number of ether oxygens (including phenoxy) is 1. The van der Waals surface area contributed by atoms with E-state index in [0.717, 1.165) is 0 Å². The molecule has 0 rings (SSSR count). The van der Waals surface area contributed by atoms with Crippen molar-refractivity contribution in [2.24, 2.45) is 0 Å². The third kappa shape index (κ3) is 7.35. The highest BCUT2D eigenvalue weighted by Crippen LogP contribution is 1.90. The van der Waals surface area contributed by atoms with Crippen LogP contribution in [0.3, 0.4) is 0 Å². The van der Waals surface area contributed by atoms with Gasteiger partial charge in [-0.2, -0.15) is 0 Å². The van der Waals surface area contributed by atoms with Gasteiger partial charge in [0.05, 0.1) is 19.6 Å². The van der Waals surface area contributed by atoms with Gasteiger partial charge in [-0.1, -0.05) is 5.92 Å². The van der Waals surface area contributed by atoms with Crippen molar-refractivity contribution in [3.63, 3.8) is 0 Å². The average Bonchev–Trinajstić information content (AvgIpc) is 2.12. The number of hydrogen-bond acceptors (Lipinski definition) is 3. The molecule has 0 N–H and O–H groups in total. The van der Waals surface area contributed by atoms with E-state index in [4.69, 9.17) is 4.74 Å². The monoisotopic (exact) mass is 183 g/mol. The minimum atomic E-state index is -0.140. The Morgan fingerprint density at radius 3 is 2.77 bits per heavy atom. The van der Waals surface area contributed by atoms with Crippen LogP contribution in [0.5, 0.6) is 0 Å². The molecule has 0 aromatic heterocycles. The van der Waals surface area contributed by atoms with Crippen LogP contribution in [-0.4, -0.2) is 37.6 Å². The quantitative estimate of drug-likeness (QED) is 0.468. The number of rotatable bonds is 5. The molecule has 0 fully saturated rings. The predicted octanol–water partition coefficient (Wildman–Crippen LogP) is 0.895. The van der Waals surface area contributed by atoms with Crippen molar-refractivity contribution in [2.45, 2.75) is 20.3 Å². The van der Waals surface area contributed by atoms with Gasteiger partial charge in [-0.25, -0.2) is 0 Å². The van der Waals surface area contributed by atoms with Gasteiger partial charge in [-0.05, 0) is 20.9 Å². The molecule has 0 bridgehead atoms. The van der Waals surface area contributed by atoms with Crippen LogP contribution < -0.4 is 0 Å². The molecule has 74 valence electrons. The molecule has 0 spiro atoms. The molecule has 3 heteroatoms. The van der Waals surface area contributed by atoms with Gasteiger partial charge in [0.1, 0.15) is 0 Å². The van der Waals surface area contributed by atoms with Crippen molar-refractivity contribution < 1.29 is 9.53 Å². The lowest BCUT2D eigenvalue weighted by Gasteiger charge is -2.11. The Hall–Kier alpha value is -1.01. The van der Waals surface area contributed by atoms with Crippen molar-refractivity contribution in [1.29, 1.82) is 0 Å². The van der Waals surface area contributed by atoms with Crippen LogP contribution in [-0.2, 0) is 9.53 Å². The Morgan fingerprint density at radius 2 is 2.23 bits per heavy atom. The topological polar surface area (TPSA) is 29.5 Å². The first-order valence-electron chi connectivity index (χ1n) is 4.44. The average molecular weight is 183 g/mol. The molecule has 3 nitrogen and oxygen atoms in total. The van der Waals surface area contributed by atoms with Crippen LogP contribution in [0.25, 0.3) is 0 Å². The Kier molecular flexibility index (Phi) is 7.04. The maximum absolute atomic E-state index is 10.9. The van der Waals surface area contributed by atoms with Crippen LogP contribution in [0, 0.1) is 11.8 Å². The smallest absolute Gasteiger partial charge is 0.307 e.